The van der Waals surface area contributed by atoms with Gasteiger partial charge in [-0.15, -0.1) is 10.2 Å². The van der Waals surface area contributed by atoms with Gasteiger partial charge >= 0.3 is 0 Å². The standard InChI is InChI=1S/C20H22N6OS/c1-3-26-19(15-7-5-10-21-12-15)23-24-20(26)28-13-17(27)22-16-8-4-6-14-9-11-25(2)18(14)16/h4-8,10,12H,3,9,11,13H2,1-2H3,(H,22,27). The summed E-state index contributed by atoms with van der Waals surface area (Å²) >= 11 is 1.39. The Kier molecular flexibility index (Phi) is 5.29. The van der Waals surface area contributed by atoms with Crippen molar-refractivity contribution in [2.24, 2.45) is 0 Å². The van der Waals surface area contributed by atoms with Crippen LogP contribution < -0.4 is 10.2 Å². The number of para-hydroxylation sites is 1. The molecule has 3 aromatic rings. The van der Waals surface area contributed by atoms with Gasteiger partial charge in [0.1, 0.15) is 0 Å². The van der Waals surface area contributed by atoms with Gasteiger partial charge < -0.3 is 14.8 Å². The zero-order valence-electron chi connectivity index (χ0n) is 15.9. The molecule has 1 aromatic carbocycles. The molecule has 2 aromatic heterocycles. The van der Waals surface area contributed by atoms with Crippen LogP contribution in [-0.2, 0) is 17.8 Å². The van der Waals surface area contributed by atoms with Gasteiger partial charge in [-0.25, -0.2) is 0 Å². The van der Waals surface area contributed by atoms with E-state index in [4.69, 9.17) is 0 Å². The van der Waals surface area contributed by atoms with E-state index in [1.54, 1.807) is 12.4 Å². The van der Waals surface area contributed by atoms with Crippen LogP contribution in [0.2, 0.25) is 0 Å². The highest BCUT2D eigenvalue weighted by atomic mass is 32.2. The van der Waals surface area contributed by atoms with Gasteiger partial charge in [0.05, 0.1) is 17.1 Å². The number of hydrogen-bond acceptors (Lipinski definition) is 6. The van der Waals surface area contributed by atoms with Crippen molar-refractivity contribution in [3.8, 4) is 11.4 Å². The van der Waals surface area contributed by atoms with Crippen LogP contribution in [0.1, 0.15) is 12.5 Å². The molecule has 0 saturated heterocycles. The molecule has 0 spiro atoms. The average molecular weight is 395 g/mol. The van der Waals surface area contributed by atoms with Gasteiger partial charge in [0.25, 0.3) is 0 Å². The third-order valence-electron chi connectivity index (χ3n) is 4.78. The fourth-order valence-corrected chi connectivity index (χ4v) is 4.25. The molecule has 0 bridgehead atoms. The Morgan fingerprint density at radius 1 is 1.25 bits per heavy atom. The highest BCUT2D eigenvalue weighted by molar-refractivity contribution is 7.99. The summed E-state index contributed by atoms with van der Waals surface area (Å²) in [5.74, 6) is 0.992. The van der Waals surface area contributed by atoms with Crippen molar-refractivity contribution in [2.45, 2.75) is 25.0 Å². The Labute approximate surface area is 168 Å². The number of amides is 1. The molecule has 1 N–H and O–H groups in total. The van der Waals surface area contributed by atoms with E-state index >= 15 is 0 Å². The zero-order chi connectivity index (χ0) is 19.5. The lowest BCUT2D eigenvalue weighted by Gasteiger charge is -2.17. The lowest BCUT2D eigenvalue weighted by atomic mass is 10.1. The number of anilines is 2. The topological polar surface area (TPSA) is 75.9 Å². The van der Waals surface area contributed by atoms with Crippen LogP contribution in [0.3, 0.4) is 0 Å². The summed E-state index contributed by atoms with van der Waals surface area (Å²) in [6, 6.07) is 9.90. The monoisotopic (exact) mass is 394 g/mol. The number of nitrogens with one attached hydrogen (secondary N) is 1. The van der Waals surface area contributed by atoms with Gasteiger partial charge in [-0.1, -0.05) is 23.9 Å². The minimum atomic E-state index is -0.0488. The third kappa shape index (κ3) is 3.60. The van der Waals surface area contributed by atoms with E-state index in [2.05, 4.69) is 38.5 Å². The molecular weight excluding hydrogens is 372 g/mol. The average Bonchev–Trinajstić information content (AvgIpc) is 3.31. The number of carbonyl (C=O) groups is 1. The molecule has 1 amide bonds. The number of rotatable bonds is 6. The van der Waals surface area contributed by atoms with Gasteiger partial charge in [0.15, 0.2) is 11.0 Å². The molecule has 1 aliphatic rings. The summed E-state index contributed by atoms with van der Waals surface area (Å²) < 4.78 is 2.00. The van der Waals surface area contributed by atoms with E-state index in [1.165, 1.54) is 17.3 Å². The molecule has 1 aliphatic heterocycles. The largest absolute Gasteiger partial charge is 0.372 e. The Bertz CT molecular complexity index is 988. The molecule has 0 saturated carbocycles. The molecule has 8 heteroatoms. The summed E-state index contributed by atoms with van der Waals surface area (Å²) in [5.41, 5.74) is 4.18. The number of likely N-dealkylation sites (N-methyl/N-ethyl adjacent to an activating group) is 1. The van der Waals surface area contributed by atoms with Crippen LogP contribution in [0, 0.1) is 0 Å². The first-order valence-corrected chi connectivity index (χ1v) is 10.2. The molecule has 0 atom stereocenters. The number of hydrogen-bond donors (Lipinski definition) is 1. The first-order valence-electron chi connectivity index (χ1n) is 9.26. The Hall–Kier alpha value is -2.87. The van der Waals surface area contributed by atoms with Crippen molar-refractivity contribution >= 4 is 29.0 Å². The van der Waals surface area contributed by atoms with Crippen molar-refractivity contribution in [1.82, 2.24) is 19.7 Å². The maximum Gasteiger partial charge on any atom is 0.234 e. The molecule has 3 heterocycles. The normalized spacial score (nSPS) is 12.9. The number of carbonyl (C=O) groups excluding carboxylic acids is 1. The molecular formula is C20H22N6OS. The number of aromatic nitrogens is 4. The summed E-state index contributed by atoms with van der Waals surface area (Å²) in [7, 11) is 2.06. The first-order chi connectivity index (χ1) is 13.7. The molecule has 0 fully saturated rings. The maximum absolute atomic E-state index is 12.6. The maximum atomic E-state index is 12.6. The van der Waals surface area contributed by atoms with E-state index in [1.807, 2.05) is 35.8 Å². The number of thioether (sulfide) groups is 1. The highest BCUT2D eigenvalue weighted by Crippen LogP contribution is 2.34. The van der Waals surface area contributed by atoms with Crippen LogP contribution >= 0.6 is 11.8 Å². The van der Waals surface area contributed by atoms with Gasteiger partial charge in [-0.3, -0.25) is 9.78 Å². The third-order valence-corrected chi connectivity index (χ3v) is 5.74. The zero-order valence-corrected chi connectivity index (χ0v) is 16.7. The molecule has 0 aliphatic carbocycles. The van der Waals surface area contributed by atoms with Gasteiger partial charge in [-0.2, -0.15) is 0 Å². The molecule has 28 heavy (non-hydrogen) atoms. The molecule has 7 nitrogen and oxygen atoms in total. The second-order valence-corrected chi connectivity index (χ2v) is 7.56. The Morgan fingerprint density at radius 2 is 2.14 bits per heavy atom. The lowest BCUT2D eigenvalue weighted by Crippen LogP contribution is -2.19. The van der Waals surface area contributed by atoms with E-state index in [0.717, 1.165) is 47.4 Å². The summed E-state index contributed by atoms with van der Waals surface area (Å²) in [6.45, 7) is 3.74. The van der Waals surface area contributed by atoms with Crippen LogP contribution in [0.25, 0.3) is 11.4 Å². The Balaban J connectivity index is 1.45. The van der Waals surface area contributed by atoms with E-state index in [9.17, 15) is 4.79 Å². The van der Waals surface area contributed by atoms with Crippen LogP contribution in [0.15, 0.2) is 47.9 Å². The van der Waals surface area contributed by atoms with Crippen molar-refractivity contribution in [2.75, 3.05) is 29.6 Å². The van der Waals surface area contributed by atoms with Crippen molar-refractivity contribution in [1.29, 1.82) is 0 Å². The number of benzene rings is 1. The van der Waals surface area contributed by atoms with Crippen molar-refractivity contribution in [3.63, 3.8) is 0 Å². The van der Waals surface area contributed by atoms with Gasteiger partial charge in [0.2, 0.25) is 5.91 Å². The molecule has 4 rings (SSSR count). The predicted molar refractivity (Wildman–Crippen MR) is 112 cm³/mol. The fraction of sp³-hybridized carbons (Fsp3) is 0.300. The SMILES string of the molecule is CCn1c(SCC(=O)Nc2cccc3c2N(C)CC3)nnc1-c1cccnc1. The van der Waals surface area contributed by atoms with E-state index in [0.29, 0.717) is 0 Å². The van der Waals surface area contributed by atoms with E-state index < -0.39 is 0 Å². The summed E-state index contributed by atoms with van der Waals surface area (Å²) in [4.78, 5) is 18.9. The first kappa shape index (κ1) is 18.5. The smallest absolute Gasteiger partial charge is 0.234 e. The van der Waals surface area contributed by atoms with E-state index in [-0.39, 0.29) is 11.7 Å². The van der Waals surface area contributed by atoms with Crippen molar-refractivity contribution in [3.05, 3.63) is 48.3 Å². The molecule has 144 valence electrons. The van der Waals surface area contributed by atoms with Gasteiger partial charge in [0, 0.05) is 38.1 Å². The quantitative estimate of drug-likeness (QED) is 0.648. The minimum absolute atomic E-state index is 0.0488. The summed E-state index contributed by atoms with van der Waals surface area (Å²) in [6.07, 6.45) is 4.51. The summed E-state index contributed by atoms with van der Waals surface area (Å²) in [5, 5.41) is 12.3. The second kappa shape index (κ2) is 8.02. The number of pyridine rings is 1. The predicted octanol–water partition coefficient (Wildman–Crippen LogP) is 3.08. The fourth-order valence-electron chi connectivity index (χ4n) is 3.45. The highest BCUT2D eigenvalue weighted by Gasteiger charge is 2.20. The Morgan fingerprint density at radius 3 is 2.93 bits per heavy atom. The molecule has 0 radical (unpaired) electrons. The number of fused-ring (bicyclic) bond motifs is 1. The van der Waals surface area contributed by atoms with Crippen LogP contribution in [0.5, 0.6) is 0 Å². The van der Waals surface area contributed by atoms with Crippen LogP contribution in [-0.4, -0.2) is 45.0 Å². The minimum Gasteiger partial charge on any atom is -0.372 e. The number of nitrogens with zero attached hydrogens (tertiary/aromatic N) is 5. The van der Waals surface area contributed by atoms with Gasteiger partial charge in [-0.05, 0) is 37.1 Å². The molecule has 0 unspecified atom stereocenters. The second-order valence-electron chi connectivity index (χ2n) is 6.61. The van der Waals surface area contributed by atoms with Crippen LogP contribution in [0.4, 0.5) is 11.4 Å². The van der Waals surface area contributed by atoms with Crippen molar-refractivity contribution < 1.29 is 4.79 Å². The lowest BCUT2D eigenvalue weighted by molar-refractivity contribution is -0.113.